The molecule has 1 N–H and O–H groups in total. The fourth-order valence-electron chi connectivity index (χ4n) is 3.27. The van der Waals surface area contributed by atoms with Crippen molar-refractivity contribution in [2.45, 2.75) is 19.9 Å². The minimum Gasteiger partial charge on any atom is -0.508 e. The van der Waals surface area contributed by atoms with Gasteiger partial charge in [0.15, 0.2) is 4.80 Å². The molecule has 8 heteroatoms. The first kappa shape index (κ1) is 19.4. The van der Waals surface area contributed by atoms with E-state index >= 15 is 0 Å². The van der Waals surface area contributed by atoms with Crippen molar-refractivity contribution in [3.05, 3.63) is 83.2 Å². The number of ether oxygens (including phenoxy) is 1. The average Bonchev–Trinajstić information content (AvgIpc) is 3.30. The summed E-state index contributed by atoms with van der Waals surface area (Å²) in [6.07, 6.45) is 1.72. The second-order valence-corrected chi connectivity index (χ2v) is 8.40. The van der Waals surface area contributed by atoms with E-state index in [0.29, 0.717) is 26.2 Å². The van der Waals surface area contributed by atoms with E-state index in [0.717, 1.165) is 4.88 Å². The summed E-state index contributed by atoms with van der Waals surface area (Å²) in [5.41, 5.74) is 1.41. The Morgan fingerprint density at radius 3 is 2.86 bits per heavy atom. The molecule has 1 aliphatic heterocycles. The van der Waals surface area contributed by atoms with Crippen LogP contribution in [0.15, 0.2) is 62.8 Å². The molecule has 1 atom stereocenters. The number of hydrogen-bond donors (Lipinski definition) is 1. The van der Waals surface area contributed by atoms with Crippen LogP contribution < -0.4 is 14.9 Å². The SMILES string of the molecule is CCOC(=O)C1=C(C)N=c2sc(=Cc3cccc(O)c3)c(=O)n2[C@@H]1c1cccs1. The highest BCUT2D eigenvalue weighted by atomic mass is 32.1. The predicted molar refractivity (Wildman–Crippen MR) is 113 cm³/mol. The van der Waals surface area contributed by atoms with Crippen molar-refractivity contribution in [3.8, 4) is 5.75 Å². The standard InChI is InChI=1S/C21H18N2O4S2/c1-3-27-20(26)17-12(2)22-21-23(18(17)15-8-5-9-28-15)19(25)16(29-21)11-13-6-4-7-14(24)10-13/h4-11,18,24H,3H2,1-2H3/t18-/m1/s1. The summed E-state index contributed by atoms with van der Waals surface area (Å²) in [4.78, 5) is 31.9. The van der Waals surface area contributed by atoms with E-state index in [1.165, 1.54) is 22.7 Å². The number of thiophene rings is 1. The predicted octanol–water partition coefficient (Wildman–Crippen LogP) is 2.57. The summed E-state index contributed by atoms with van der Waals surface area (Å²) in [6.45, 7) is 3.76. The van der Waals surface area contributed by atoms with E-state index in [-0.39, 0.29) is 17.9 Å². The van der Waals surface area contributed by atoms with Gasteiger partial charge in [-0.25, -0.2) is 9.79 Å². The number of nitrogens with zero attached hydrogens (tertiary/aromatic N) is 2. The van der Waals surface area contributed by atoms with Crippen molar-refractivity contribution in [1.29, 1.82) is 0 Å². The lowest BCUT2D eigenvalue weighted by atomic mass is 10.0. The third-order valence-electron chi connectivity index (χ3n) is 4.50. The molecule has 0 spiro atoms. The lowest BCUT2D eigenvalue weighted by molar-refractivity contribution is -0.139. The number of esters is 1. The summed E-state index contributed by atoms with van der Waals surface area (Å²) < 4.78 is 7.29. The summed E-state index contributed by atoms with van der Waals surface area (Å²) in [5.74, 6) is -0.335. The topological polar surface area (TPSA) is 80.9 Å². The zero-order chi connectivity index (χ0) is 20.5. The van der Waals surface area contributed by atoms with Gasteiger partial charge in [-0.05, 0) is 49.1 Å². The number of carbonyl (C=O) groups is 1. The van der Waals surface area contributed by atoms with Crippen molar-refractivity contribution in [2.75, 3.05) is 6.61 Å². The van der Waals surface area contributed by atoms with Crippen LogP contribution in [0.3, 0.4) is 0 Å². The number of aromatic nitrogens is 1. The van der Waals surface area contributed by atoms with Crippen molar-refractivity contribution < 1.29 is 14.6 Å². The Morgan fingerprint density at radius 1 is 1.34 bits per heavy atom. The number of benzene rings is 1. The normalized spacial score (nSPS) is 16.5. The minimum atomic E-state index is -0.573. The number of carbonyl (C=O) groups excluding carboxylic acids is 1. The Labute approximate surface area is 174 Å². The molecule has 2 aromatic heterocycles. The molecule has 0 fully saturated rings. The summed E-state index contributed by atoms with van der Waals surface area (Å²) >= 11 is 2.74. The van der Waals surface area contributed by atoms with Gasteiger partial charge in [-0.3, -0.25) is 9.36 Å². The Kier molecular flexibility index (Phi) is 5.21. The molecule has 3 aromatic rings. The Balaban J connectivity index is 1.94. The number of hydrogen-bond acceptors (Lipinski definition) is 7. The van der Waals surface area contributed by atoms with Crippen molar-refractivity contribution in [1.82, 2.24) is 4.57 Å². The number of aromatic hydroxyl groups is 1. The molecule has 1 aromatic carbocycles. The zero-order valence-corrected chi connectivity index (χ0v) is 17.4. The van der Waals surface area contributed by atoms with Crippen LogP contribution in [0.5, 0.6) is 5.75 Å². The molecule has 0 saturated carbocycles. The van der Waals surface area contributed by atoms with Crippen LogP contribution in [0.2, 0.25) is 0 Å². The lowest BCUT2D eigenvalue weighted by Gasteiger charge is -2.23. The fraction of sp³-hybridized carbons (Fsp3) is 0.190. The van der Waals surface area contributed by atoms with Crippen LogP contribution in [0.25, 0.3) is 6.08 Å². The summed E-state index contributed by atoms with van der Waals surface area (Å²) in [5, 5.41) is 11.6. The molecule has 1 aliphatic rings. The molecule has 0 amide bonds. The average molecular weight is 427 g/mol. The first-order valence-corrected chi connectivity index (χ1v) is 10.7. The first-order valence-electron chi connectivity index (χ1n) is 9.01. The molecule has 0 unspecified atom stereocenters. The zero-order valence-electron chi connectivity index (χ0n) is 15.8. The van der Waals surface area contributed by atoms with Crippen LogP contribution in [-0.2, 0) is 9.53 Å². The Hall–Kier alpha value is -2.97. The molecule has 0 bridgehead atoms. The van der Waals surface area contributed by atoms with E-state index in [4.69, 9.17) is 4.74 Å². The minimum absolute atomic E-state index is 0.128. The van der Waals surface area contributed by atoms with Gasteiger partial charge >= 0.3 is 5.97 Å². The maximum atomic E-state index is 13.3. The maximum absolute atomic E-state index is 13.3. The number of fused-ring (bicyclic) bond motifs is 1. The van der Waals surface area contributed by atoms with E-state index in [9.17, 15) is 14.7 Å². The quantitative estimate of drug-likeness (QED) is 0.650. The van der Waals surface area contributed by atoms with Gasteiger partial charge in [-0.2, -0.15) is 0 Å². The molecule has 6 nitrogen and oxygen atoms in total. The van der Waals surface area contributed by atoms with E-state index in [2.05, 4.69) is 4.99 Å². The smallest absolute Gasteiger partial charge is 0.338 e. The molecule has 0 radical (unpaired) electrons. The third-order valence-corrected chi connectivity index (χ3v) is 6.41. The van der Waals surface area contributed by atoms with Crippen molar-refractivity contribution in [3.63, 3.8) is 0 Å². The van der Waals surface area contributed by atoms with Crippen molar-refractivity contribution >= 4 is 34.7 Å². The molecule has 0 aliphatic carbocycles. The van der Waals surface area contributed by atoms with Crippen molar-refractivity contribution in [2.24, 2.45) is 4.99 Å². The Bertz CT molecular complexity index is 1280. The van der Waals surface area contributed by atoms with Crippen LogP contribution in [0, 0.1) is 0 Å². The molecule has 0 saturated heterocycles. The van der Waals surface area contributed by atoms with E-state index in [1.54, 1.807) is 42.7 Å². The number of phenols is 1. The van der Waals surface area contributed by atoms with Crippen LogP contribution >= 0.6 is 22.7 Å². The fourth-order valence-corrected chi connectivity index (χ4v) is 5.14. The van der Waals surface area contributed by atoms with E-state index < -0.39 is 12.0 Å². The molecular weight excluding hydrogens is 408 g/mol. The highest BCUT2D eigenvalue weighted by molar-refractivity contribution is 7.10. The number of rotatable bonds is 4. The largest absolute Gasteiger partial charge is 0.508 e. The molecular formula is C21H18N2O4S2. The lowest BCUT2D eigenvalue weighted by Crippen LogP contribution is -2.39. The molecule has 4 rings (SSSR count). The molecule has 148 valence electrons. The number of allylic oxidation sites excluding steroid dienone is 1. The van der Waals surface area contributed by atoms with Gasteiger partial charge in [0.05, 0.1) is 22.4 Å². The summed E-state index contributed by atoms with van der Waals surface area (Å²) in [7, 11) is 0. The van der Waals surface area contributed by atoms with Crippen LogP contribution in [0.4, 0.5) is 0 Å². The van der Waals surface area contributed by atoms with Gasteiger partial charge in [-0.15, -0.1) is 11.3 Å². The number of thiazole rings is 1. The van der Waals surface area contributed by atoms with Crippen LogP contribution in [0.1, 0.15) is 30.3 Å². The van der Waals surface area contributed by atoms with Gasteiger partial charge in [0, 0.05) is 4.88 Å². The molecule has 29 heavy (non-hydrogen) atoms. The monoisotopic (exact) mass is 426 g/mol. The number of phenolic OH excluding ortho intramolecular Hbond substituents is 1. The Morgan fingerprint density at radius 2 is 2.17 bits per heavy atom. The van der Waals surface area contributed by atoms with Gasteiger partial charge in [0.2, 0.25) is 0 Å². The first-order chi connectivity index (χ1) is 14.0. The second-order valence-electron chi connectivity index (χ2n) is 6.41. The summed E-state index contributed by atoms with van der Waals surface area (Å²) in [6, 6.07) is 9.91. The maximum Gasteiger partial charge on any atom is 0.338 e. The van der Waals surface area contributed by atoms with Gasteiger partial charge in [0.25, 0.3) is 5.56 Å². The van der Waals surface area contributed by atoms with Gasteiger partial charge in [0.1, 0.15) is 11.8 Å². The van der Waals surface area contributed by atoms with Gasteiger partial charge < -0.3 is 9.84 Å². The highest BCUT2D eigenvalue weighted by Crippen LogP contribution is 2.33. The second kappa shape index (κ2) is 7.81. The molecule has 3 heterocycles. The third kappa shape index (κ3) is 3.56. The van der Waals surface area contributed by atoms with Gasteiger partial charge in [-0.1, -0.05) is 29.5 Å². The highest BCUT2D eigenvalue weighted by Gasteiger charge is 2.33. The van der Waals surface area contributed by atoms with Crippen LogP contribution in [-0.4, -0.2) is 22.2 Å². The van der Waals surface area contributed by atoms with E-state index in [1.807, 2.05) is 23.6 Å².